The number of carbonyl (C=O) groups is 1. The van der Waals surface area contributed by atoms with Gasteiger partial charge in [-0.3, -0.25) is 9.79 Å². The van der Waals surface area contributed by atoms with Crippen LogP contribution in [0.15, 0.2) is 52.4 Å². The van der Waals surface area contributed by atoms with Gasteiger partial charge in [0.2, 0.25) is 0 Å². The van der Waals surface area contributed by atoms with E-state index in [2.05, 4.69) is 18.2 Å². The number of benzene rings is 2. The first kappa shape index (κ1) is 15.5. The third-order valence-electron chi connectivity index (χ3n) is 4.73. The van der Waals surface area contributed by atoms with E-state index in [1.807, 2.05) is 24.3 Å². The minimum atomic E-state index is -0.776. The topological polar surface area (TPSA) is 49.7 Å². The van der Waals surface area contributed by atoms with Crippen LogP contribution in [-0.2, 0) is 17.6 Å². The molecular weight excluding hydrogens is 318 g/mol. The van der Waals surface area contributed by atoms with Gasteiger partial charge in [0.1, 0.15) is 5.25 Å². The van der Waals surface area contributed by atoms with E-state index in [1.165, 1.54) is 35.7 Å². The van der Waals surface area contributed by atoms with Gasteiger partial charge in [-0.25, -0.2) is 0 Å². The lowest BCUT2D eigenvalue weighted by molar-refractivity contribution is -0.136. The Morgan fingerprint density at radius 1 is 1.08 bits per heavy atom. The molecule has 3 nitrogen and oxygen atoms in total. The second kappa shape index (κ2) is 6.44. The number of para-hydroxylation sites is 1. The number of thioether (sulfide) groups is 1. The molecule has 1 heterocycles. The van der Waals surface area contributed by atoms with E-state index in [4.69, 9.17) is 4.99 Å². The third-order valence-corrected chi connectivity index (χ3v) is 5.98. The maximum atomic E-state index is 11.7. The summed E-state index contributed by atoms with van der Waals surface area (Å²) in [5.41, 5.74) is 5.66. The first-order valence-electron chi connectivity index (χ1n) is 8.39. The van der Waals surface area contributed by atoms with E-state index in [1.54, 1.807) is 0 Å². The molecule has 1 N–H and O–H groups in total. The van der Waals surface area contributed by atoms with Crippen molar-refractivity contribution in [2.24, 2.45) is 4.99 Å². The SMILES string of the molecule is O=C(O)[C@@H]1CC(c2ccc3c(c2)CCCC3)=Nc2ccccc2S1. The Balaban J connectivity index is 1.78. The molecule has 0 fully saturated rings. The van der Waals surface area contributed by atoms with Crippen molar-refractivity contribution in [3.63, 3.8) is 0 Å². The molecule has 122 valence electrons. The van der Waals surface area contributed by atoms with Crippen molar-refractivity contribution in [3.05, 3.63) is 59.2 Å². The fourth-order valence-electron chi connectivity index (χ4n) is 3.44. The number of hydrogen-bond acceptors (Lipinski definition) is 3. The monoisotopic (exact) mass is 337 g/mol. The molecule has 0 unspecified atom stereocenters. The normalized spacial score (nSPS) is 19.7. The van der Waals surface area contributed by atoms with E-state index < -0.39 is 11.2 Å². The summed E-state index contributed by atoms with van der Waals surface area (Å²) in [5, 5.41) is 9.07. The summed E-state index contributed by atoms with van der Waals surface area (Å²) in [7, 11) is 0. The molecule has 2 aliphatic rings. The van der Waals surface area contributed by atoms with E-state index in [-0.39, 0.29) is 0 Å². The molecule has 0 radical (unpaired) electrons. The number of nitrogens with zero attached hydrogens (tertiary/aromatic N) is 1. The van der Waals surface area contributed by atoms with Gasteiger partial charge >= 0.3 is 5.97 Å². The lowest BCUT2D eigenvalue weighted by Crippen LogP contribution is -2.20. The number of hydrogen-bond donors (Lipinski definition) is 1. The van der Waals surface area contributed by atoms with Crippen LogP contribution in [0.25, 0.3) is 0 Å². The highest BCUT2D eigenvalue weighted by atomic mass is 32.2. The van der Waals surface area contributed by atoms with Crippen molar-refractivity contribution in [1.82, 2.24) is 0 Å². The first-order chi connectivity index (χ1) is 11.7. The van der Waals surface area contributed by atoms with E-state index in [0.29, 0.717) is 6.42 Å². The summed E-state index contributed by atoms with van der Waals surface area (Å²) >= 11 is 1.40. The molecule has 4 rings (SSSR count). The number of aryl methyl sites for hydroxylation is 2. The van der Waals surface area contributed by atoms with Crippen molar-refractivity contribution in [2.45, 2.75) is 42.2 Å². The van der Waals surface area contributed by atoms with Crippen LogP contribution in [0.2, 0.25) is 0 Å². The minimum Gasteiger partial charge on any atom is -0.480 e. The highest BCUT2D eigenvalue weighted by Gasteiger charge is 2.26. The quantitative estimate of drug-likeness (QED) is 0.869. The van der Waals surface area contributed by atoms with Crippen LogP contribution in [0, 0.1) is 0 Å². The molecule has 1 aliphatic carbocycles. The number of rotatable bonds is 2. The Morgan fingerprint density at radius 3 is 2.71 bits per heavy atom. The number of carboxylic acid groups (broad SMARTS) is 1. The standard InChI is InChI=1S/C20H19NO2S/c22-20(23)19-12-17(21-16-7-3-4-8-18(16)24-19)15-10-9-13-5-1-2-6-14(13)11-15/h3-4,7-11,19H,1-2,5-6,12H2,(H,22,23)/t19-/m0/s1. The molecule has 0 saturated heterocycles. The average Bonchev–Trinajstić information content (AvgIpc) is 2.81. The summed E-state index contributed by atoms with van der Waals surface area (Å²) < 4.78 is 0. The second-order valence-corrected chi connectivity index (χ2v) is 7.61. The van der Waals surface area contributed by atoms with Crippen LogP contribution in [0.1, 0.15) is 36.0 Å². The number of aliphatic carboxylic acids is 1. The predicted octanol–water partition coefficient (Wildman–Crippen LogP) is 4.64. The van der Waals surface area contributed by atoms with Gasteiger partial charge < -0.3 is 5.11 Å². The van der Waals surface area contributed by atoms with E-state index in [9.17, 15) is 9.90 Å². The molecule has 2 aromatic rings. The van der Waals surface area contributed by atoms with Gasteiger partial charge in [-0.2, -0.15) is 0 Å². The highest BCUT2D eigenvalue weighted by Crippen LogP contribution is 2.38. The zero-order valence-electron chi connectivity index (χ0n) is 13.4. The maximum absolute atomic E-state index is 11.7. The van der Waals surface area contributed by atoms with Crippen LogP contribution in [0.4, 0.5) is 5.69 Å². The molecule has 0 aromatic heterocycles. The fourth-order valence-corrected chi connectivity index (χ4v) is 4.48. The van der Waals surface area contributed by atoms with Crippen molar-refractivity contribution in [3.8, 4) is 0 Å². The zero-order chi connectivity index (χ0) is 16.5. The van der Waals surface area contributed by atoms with Crippen molar-refractivity contribution >= 4 is 29.1 Å². The summed E-state index contributed by atoms with van der Waals surface area (Å²) in [5.74, 6) is -0.776. The molecular formula is C20H19NO2S. The zero-order valence-corrected chi connectivity index (χ0v) is 14.2. The fraction of sp³-hybridized carbons (Fsp3) is 0.300. The Kier molecular flexibility index (Phi) is 4.15. The van der Waals surface area contributed by atoms with Gasteiger partial charge in [0.15, 0.2) is 0 Å². The van der Waals surface area contributed by atoms with E-state index in [0.717, 1.165) is 34.7 Å². The molecule has 4 heteroatoms. The van der Waals surface area contributed by atoms with Crippen molar-refractivity contribution in [2.75, 3.05) is 0 Å². The average molecular weight is 337 g/mol. The van der Waals surface area contributed by atoms with Crippen LogP contribution < -0.4 is 0 Å². The lowest BCUT2D eigenvalue weighted by Gasteiger charge is -2.17. The van der Waals surface area contributed by atoms with Gasteiger partial charge in [-0.1, -0.05) is 24.3 Å². The highest BCUT2D eigenvalue weighted by molar-refractivity contribution is 8.00. The van der Waals surface area contributed by atoms with E-state index >= 15 is 0 Å². The Bertz CT molecular complexity index is 828. The molecule has 24 heavy (non-hydrogen) atoms. The first-order valence-corrected chi connectivity index (χ1v) is 9.27. The molecule has 0 saturated carbocycles. The number of aliphatic imine (C=N–C) groups is 1. The summed E-state index contributed by atoms with van der Waals surface area (Å²) in [6.07, 6.45) is 5.22. The molecule has 2 aromatic carbocycles. The van der Waals surface area contributed by atoms with Crippen molar-refractivity contribution < 1.29 is 9.90 Å². The van der Waals surface area contributed by atoms with Crippen molar-refractivity contribution in [1.29, 1.82) is 0 Å². The van der Waals surface area contributed by atoms with Gasteiger partial charge in [0.05, 0.1) is 11.4 Å². The summed E-state index contributed by atoms with van der Waals surface area (Å²) in [6.45, 7) is 0. The second-order valence-electron chi connectivity index (χ2n) is 6.37. The lowest BCUT2D eigenvalue weighted by atomic mass is 9.89. The minimum absolute atomic E-state index is 0.452. The van der Waals surface area contributed by atoms with Gasteiger partial charge in [0, 0.05) is 11.3 Å². The summed E-state index contributed by atoms with van der Waals surface area (Å²) in [4.78, 5) is 17.4. The largest absolute Gasteiger partial charge is 0.480 e. The third kappa shape index (κ3) is 2.98. The van der Waals surface area contributed by atoms with Gasteiger partial charge in [-0.15, -0.1) is 11.8 Å². The van der Waals surface area contributed by atoms with Gasteiger partial charge in [0.25, 0.3) is 0 Å². The van der Waals surface area contributed by atoms with Gasteiger partial charge in [-0.05, 0) is 60.6 Å². The number of carboxylic acids is 1. The van der Waals surface area contributed by atoms with Crippen LogP contribution in [0.5, 0.6) is 0 Å². The molecule has 1 aliphatic heterocycles. The molecule has 0 spiro atoms. The molecule has 0 amide bonds. The number of fused-ring (bicyclic) bond motifs is 2. The van der Waals surface area contributed by atoms with Crippen LogP contribution >= 0.6 is 11.8 Å². The van der Waals surface area contributed by atoms with Crippen LogP contribution in [-0.4, -0.2) is 22.0 Å². The molecule has 1 atom stereocenters. The Morgan fingerprint density at radius 2 is 1.88 bits per heavy atom. The Labute approximate surface area is 145 Å². The smallest absolute Gasteiger partial charge is 0.317 e. The maximum Gasteiger partial charge on any atom is 0.317 e. The summed E-state index contributed by atoms with van der Waals surface area (Å²) in [6, 6.07) is 14.3. The molecule has 0 bridgehead atoms. The Hall–Kier alpha value is -2.07. The predicted molar refractivity (Wildman–Crippen MR) is 97.6 cm³/mol. The van der Waals surface area contributed by atoms with Crippen LogP contribution in [0.3, 0.4) is 0 Å².